The predicted octanol–water partition coefficient (Wildman–Crippen LogP) is 4.17. The number of fused-ring (bicyclic) bond motifs is 1. The molecule has 0 aromatic heterocycles. The molecule has 3 rings (SSSR count). The summed E-state index contributed by atoms with van der Waals surface area (Å²) in [6, 6.07) is 13.9. The Bertz CT molecular complexity index is 632. The summed E-state index contributed by atoms with van der Waals surface area (Å²) >= 11 is 1.81. The zero-order chi connectivity index (χ0) is 13.9. The van der Waals surface area contributed by atoms with E-state index >= 15 is 0 Å². The van der Waals surface area contributed by atoms with Crippen molar-refractivity contribution in [3.63, 3.8) is 0 Å². The van der Waals surface area contributed by atoms with Crippen LogP contribution in [0.3, 0.4) is 0 Å². The third kappa shape index (κ3) is 2.88. The number of carbonyl (C=O) groups is 1. The smallest absolute Gasteiger partial charge is 0.335 e. The average molecular weight is 284 g/mol. The highest BCUT2D eigenvalue weighted by molar-refractivity contribution is 7.98. The van der Waals surface area contributed by atoms with Crippen LogP contribution >= 0.6 is 11.8 Å². The van der Waals surface area contributed by atoms with E-state index < -0.39 is 5.97 Å². The van der Waals surface area contributed by atoms with Crippen molar-refractivity contribution < 1.29 is 9.90 Å². The summed E-state index contributed by atoms with van der Waals surface area (Å²) in [5.74, 6) is 0.00131. The van der Waals surface area contributed by atoms with Crippen molar-refractivity contribution in [1.82, 2.24) is 0 Å². The van der Waals surface area contributed by atoms with E-state index in [1.807, 2.05) is 12.1 Å². The van der Waals surface area contributed by atoms with E-state index in [-0.39, 0.29) is 0 Å². The molecule has 2 aromatic carbocycles. The van der Waals surface area contributed by atoms with Crippen molar-refractivity contribution in [2.75, 3.05) is 0 Å². The molecule has 0 fully saturated rings. The van der Waals surface area contributed by atoms with Gasteiger partial charge in [0.2, 0.25) is 0 Å². The fourth-order valence-electron chi connectivity index (χ4n) is 2.55. The van der Waals surface area contributed by atoms with Gasteiger partial charge in [-0.1, -0.05) is 18.2 Å². The van der Waals surface area contributed by atoms with E-state index in [2.05, 4.69) is 18.2 Å². The summed E-state index contributed by atoms with van der Waals surface area (Å²) < 4.78 is 0. The average Bonchev–Trinajstić information content (AvgIpc) is 2.93. The van der Waals surface area contributed by atoms with Crippen LogP contribution < -0.4 is 0 Å². The van der Waals surface area contributed by atoms with Crippen LogP contribution in [0.2, 0.25) is 0 Å². The van der Waals surface area contributed by atoms with Crippen molar-refractivity contribution >= 4 is 17.7 Å². The Morgan fingerprint density at radius 1 is 1.05 bits per heavy atom. The Labute approximate surface area is 122 Å². The molecule has 0 saturated heterocycles. The topological polar surface area (TPSA) is 37.3 Å². The Hall–Kier alpha value is -1.74. The van der Waals surface area contributed by atoms with E-state index in [0.29, 0.717) is 5.56 Å². The monoisotopic (exact) mass is 284 g/mol. The SMILES string of the molecule is O=C(O)c1ccc(CSc2ccc3c(c2)CCC3)cc1. The van der Waals surface area contributed by atoms with Gasteiger partial charge < -0.3 is 5.11 Å². The fraction of sp³-hybridized carbons (Fsp3) is 0.235. The first-order valence-electron chi connectivity index (χ1n) is 6.79. The lowest BCUT2D eigenvalue weighted by atomic mass is 10.1. The quantitative estimate of drug-likeness (QED) is 0.856. The van der Waals surface area contributed by atoms with Crippen LogP contribution in [0.1, 0.15) is 33.5 Å². The highest BCUT2D eigenvalue weighted by Gasteiger charge is 2.11. The number of hydrogen-bond acceptors (Lipinski definition) is 2. The minimum absolute atomic E-state index is 0.344. The maximum Gasteiger partial charge on any atom is 0.335 e. The highest BCUT2D eigenvalue weighted by atomic mass is 32.2. The highest BCUT2D eigenvalue weighted by Crippen LogP contribution is 2.29. The minimum Gasteiger partial charge on any atom is -0.478 e. The van der Waals surface area contributed by atoms with E-state index in [0.717, 1.165) is 11.3 Å². The van der Waals surface area contributed by atoms with Crippen LogP contribution in [-0.2, 0) is 18.6 Å². The van der Waals surface area contributed by atoms with E-state index in [9.17, 15) is 4.79 Å². The molecule has 0 atom stereocenters. The molecule has 1 aliphatic carbocycles. The van der Waals surface area contributed by atoms with Gasteiger partial charge in [-0.15, -0.1) is 11.8 Å². The molecule has 20 heavy (non-hydrogen) atoms. The first-order chi connectivity index (χ1) is 9.72. The molecule has 0 amide bonds. The van der Waals surface area contributed by atoms with Crippen LogP contribution in [0, 0.1) is 0 Å². The second kappa shape index (κ2) is 5.71. The van der Waals surface area contributed by atoms with Crippen molar-refractivity contribution in [2.24, 2.45) is 0 Å². The summed E-state index contributed by atoms with van der Waals surface area (Å²) in [5.41, 5.74) is 4.49. The molecular weight excluding hydrogens is 268 g/mol. The van der Waals surface area contributed by atoms with Crippen molar-refractivity contribution in [3.8, 4) is 0 Å². The van der Waals surface area contributed by atoms with Gasteiger partial charge in [-0.05, 0) is 60.2 Å². The zero-order valence-electron chi connectivity index (χ0n) is 11.1. The molecule has 0 saturated carbocycles. The number of aromatic carboxylic acids is 1. The molecule has 1 N–H and O–H groups in total. The lowest BCUT2D eigenvalue weighted by Gasteiger charge is -2.05. The zero-order valence-corrected chi connectivity index (χ0v) is 12.0. The van der Waals surface area contributed by atoms with E-state index in [1.165, 1.54) is 35.3 Å². The number of rotatable bonds is 4. The van der Waals surface area contributed by atoms with Gasteiger partial charge in [-0.2, -0.15) is 0 Å². The summed E-state index contributed by atoms with van der Waals surface area (Å²) in [7, 11) is 0. The lowest BCUT2D eigenvalue weighted by Crippen LogP contribution is -1.95. The van der Waals surface area contributed by atoms with Gasteiger partial charge in [-0.25, -0.2) is 4.79 Å². The normalized spacial score (nSPS) is 13.2. The van der Waals surface area contributed by atoms with Gasteiger partial charge in [0.05, 0.1) is 5.56 Å². The van der Waals surface area contributed by atoms with E-state index in [1.54, 1.807) is 23.9 Å². The summed E-state index contributed by atoms with van der Waals surface area (Å²) in [6.07, 6.45) is 3.70. The third-order valence-electron chi connectivity index (χ3n) is 3.68. The Morgan fingerprint density at radius 2 is 1.80 bits per heavy atom. The molecule has 102 valence electrons. The maximum atomic E-state index is 10.8. The molecule has 0 bridgehead atoms. The summed E-state index contributed by atoms with van der Waals surface area (Å²) in [6.45, 7) is 0. The van der Waals surface area contributed by atoms with Gasteiger partial charge in [-0.3, -0.25) is 0 Å². The number of carboxylic acids is 1. The van der Waals surface area contributed by atoms with Crippen LogP contribution in [-0.4, -0.2) is 11.1 Å². The predicted molar refractivity (Wildman–Crippen MR) is 81.4 cm³/mol. The van der Waals surface area contributed by atoms with Crippen LogP contribution in [0.5, 0.6) is 0 Å². The standard InChI is InChI=1S/C17H16O2S/c18-17(19)14-6-4-12(5-7-14)11-20-16-9-8-13-2-1-3-15(13)10-16/h4-10H,1-3,11H2,(H,18,19). The van der Waals surface area contributed by atoms with Crippen LogP contribution in [0.25, 0.3) is 0 Å². The molecule has 1 aliphatic rings. The Morgan fingerprint density at radius 3 is 2.55 bits per heavy atom. The summed E-state index contributed by atoms with van der Waals surface area (Å²) in [5, 5.41) is 8.87. The molecule has 0 radical (unpaired) electrons. The van der Waals surface area contributed by atoms with E-state index in [4.69, 9.17) is 5.11 Å². The number of benzene rings is 2. The minimum atomic E-state index is -0.872. The van der Waals surface area contributed by atoms with Gasteiger partial charge in [0.15, 0.2) is 0 Å². The summed E-state index contributed by atoms with van der Waals surface area (Å²) in [4.78, 5) is 12.1. The molecule has 0 spiro atoms. The number of hydrogen-bond donors (Lipinski definition) is 1. The number of carboxylic acid groups (broad SMARTS) is 1. The van der Waals surface area contributed by atoms with Gasteiger partial charge in [0.1, 0.15) is 0 Å². The van der Waals surface area contributed by atoms with Crippen molar-refractivity contribution in [3.05, 3.63) is 64.7 Å². The Balaban J connectivity index is 1.65. The van der Waals surface area contributed by atoms with Gasteiger partial charge in [0, 0.05) is 10.6 Å². The van der Waals surface area contributed by atoms with Gasteiger partial charge >= 0.3 is 5.97 Å². The first kappa shape index (κ1) is 13.3. The molecule has 0 aliphatic heterocycles. The fourth-order valence-corrected chi connectivity index (χ4v) is 3.46. The molecule has 3 heteroatoms. The third-order valence-corrected chi connectivity index (χ3v) is 4.74. The van der Waals surface area contributed by atoms with Crippen molar-refractivity contribution in [2.45, 2.75) is 29.9 Å². The molecule has 2 nitrogen and oxygen atoms in total. The van der Waals surface area contributed by atoms with Crippen LogP contribution in [0.15, 0.2) is 47.4 Å². The molecule has 2 aromatic rings. The largest absolute Gasteiger partial charge is 0.478 e. The molecule has 0 heterocycles. The molecule has 0 unspecified atom stereocenters. The molecular formula is C17H16O2S. The van der Waals surface area contributed by atoms with Crippen molar-refractivity contribution in [1.29, 1.82) is 0 Å². The maximum absolute atomic E-state index is 10.8. The number of thioether (sulfide) groups is 1. The second-order valence-corrected chi connectivity index (χ2v) is 6.12. The van der Waals surface area contributed by atoms with Crippen LogP contribution in [0.4, 0.5) is 0 Å². The first-order valence-corrected chi connectivity index (χ1v) is 7.78. The van der Waals surface area contributed by atoms with Gasteiger partial charge in [0.25, 0.3) is 0 Å². The Kier molecular flexibility index (Phi) is 3.79. The second-order valence-electron chi connectivity index (χ2n) is 5.07. The number of aryl methyl sites for hydroxylation is 2. The lowest BCUT2D eigenvalue weighted by molar-refractivity contribution is 0.0697.